The number of nitrogens with zero attached hydrogens (tertiary/aromatic N) is 1. The molecule has 1 aliphatic heterocycles. The van der Waals surface area contributed by atoms with Crippen molar-refractivity contribution in [2.75, 3.05) is 32.9 Å². The maximum absolute atomic E-state index is 12.0. The Morgan fingerprint density at radius 1 is 1.27 bits per heavy atom. The minimum Gasteiger partial charge on any atom is -0.493 e. The Hall–Kier alpha value is -1.59. The molecule has 0 spiro atoms. The Morgan fingerprint density at radius 3 is 2.64 bits per heavy atom. The predicted molar refractivity (Wildman–Crippen MR) is 86.0 cm³/mol. The van der Waals surface area contributed by atoms with E-state index in [1.165, 1.54) is 0 Å². The second kappa shape index (κ2) is 8.76. The van der Waals surface area contributed by atoms with Crippen LogP contribution in [0.5, 0.6) is 5.75 Å². The van der Waals surface area contributed by atoms with Crippen LogP contribution >= 0.6 is 0 Å². The summed E-state index contributed by atoms with van der Waals surface area (Å²) in [5, 5.41) is 3.06. The third kappa shape index (κ3) is 5.31. The minimum absolute atomic E-state index is 0.0311. The Morgan fingerprint density at radius 2 is 1.95 bits per heavy atom. The molecule has 1 fully saturated rings. The van der Waals surface area contributed by atoms with Gasteiger partial charge in [0.1, 0.15) is 5.75 Å². The predicted octanol–water partition coefficient (Wildman–Crippen LogP) is 1.68. The van der Waals surface area contributed by atoms with Gasteiger partial charge < -0.3 is 14.8 Å². The zero-order valence-electron chi connectivity index (χ0n) is 13.5. The smallest absolute Gasteiger partial charge is 0.223 e. The highest BCUT2D eigenvalue weighted by atomic mass is 16.5. The summed E-state index contributed by atoms with van der Waals surface area (Å²) in [7, 11) is 0. The van der Waals surface area contributed by atoms with E-state index in [9.17, 15) is 4.79 Å². The summed E-state index contributed by atoms with van der Waals surface area (Å²) in [4.78, 5) is 14.4. The van der Waals surface area contributed by atoms with Crippen molar-refractivity contribution in [3.8, 4) is 5.75 Å². The molecule has 1 amide bonds. The molecule has 0 saturated carbocycles. The van der Waals surface area contributed by atoms with Crippen LogP contribution in [0.25, 0.3) is 0 Å². The van der Waals surface area contributed by atoms with Gasteiger partial charge in [0.2, 0.25) is 5.91 Å². The number of hydrogen-bond acceptors (Lipinski definition) is 4. The lowest BCUT2D eigenvalue weighted by Gasteiger charge is -2.35. The van der Waals surface area contributed by atoms with Crippen LogP contribution in [0.3, 0.4) is 0 Å². The van der Waals surface area contributed by atoms with Gasteiger partial charge in [-0.3, -0.25) is 9.69 Å². The van der Waals surface area contributed by atoms with E-state index >= 15 is 0 Å². The quantitative estimate of drug-likeness (QED) is 0.833. The first-order valence-corrected chi connectivity index (χ1v) is 7.96. The number of para-hydroxylation sites is 1. The van der Waals surface area contributed by atoms with Gasteiger partial charge in [-0.05, 0) is 26.0 Å². The van der Waals surface area contributed by atoms with Crippen molar-refractivity contribution in [1.29, 1.82) is 0 Å². The Bertz CT molecular complexity index is 446. The molecule has 0 aromatic heterocycles. The van der Waals surface area contributed by atoms with E-state index < -0.39 is 0 Å². The molecule has 2 atom stereocenters. The van der Waals surface area contributed by atoms with Crippen molar-refractivity contribution in [2.45, 2.75) is 32.4 Å². The van der Waals surface area contributed by atoms with Crippen LogP contribution in [-0.4, -0.2) is 55.8 Å². The first-order valence-electron chi connectivity index (χ1n) is 7.96. The molecule has 0 unspecified atom stereocenters. The number of benzene rings is 1. The molecule has 22 heavy (non-hydrogen) atoms. The highest BCUT2D eigenvalue weighted by Gasteiger charge is 2.23. The lowest BCUT2D eigenvalue weighted by atomic mass is 10.1. The topological polar surface area (TPSA) is 50.8 Å². The molecule has 1 saturated heterocycles. The van der Waals surface area contributed by atoms with E-state index in [0.717, 1.165) is 32.1 Å². The molecule has 0 radical (unpaired) electrons. The summed E-state index contributed by atoms with van der Waals surface area (Å²) in [5.41, 5.74) is 0. The summed E-state index contributed by atoms with van der Waals surface area (Å²) in [6.45, 7) is 8.00. The molecule has 1 aromatic rings. The van der Waals surface area contributed by atoms with Crippen LogP contribution in [-0.2, 0) is 9.53 Å². The average molecular weight is 306 g/mol. The molecule has 1 aliphatic rings. The van der Waals surface area contributed by atoms with E-state index in [1.807, 2.05) is 30.3 Å². The fourth-order valence-corrected chi connectivity index (χ4v) is 2.53. The fraction of sp³-hybridized carbons (Fsp3) is 0.588. The fourth-order valence-electron chi connectivity index (χ4n) is 2.53. The largest absolute Gasteiger partial charge is 0.493 e. The molecule has 0 aliphatic carbocycles. The van der Waals surface area contributed by atoms with Gasteiger partial charge in [-0.2, -0.15) is 0 Å². The molecule has 122 valence electrons. The minimum atomic E-state index is 0.0311. The molecule has 5 nitrogen and oxygen atoms in total. The van der Waals surface area contributed by atoms with Crippen LogP contribution in [0.1, 0.15) is 20.3 Å². The number of rotatable bonds is 7. The monoisotopic (exact) mass is 306 g/mol. The zero-order chi connectivity index (χ0) is 15.8. The van der Waals surface area contributed by atoms with E-state index in [4.69, 9.17) is 9.47 Å². The number of carbonyl (C=O) groups is 1. The van der Waals surface area contributed by atoms with Gasteiger partial charge in [-0.25, -0.2) is 0 Å². The second-order valence-electron chi connectivity index (χ2n) is 5.66. The zero-order valence-corrected chi connectivity index (χ0v) is 13.5. The molecule has 2 rings (SSSR count). The van der Waals surface area contributed by atoms with Gasteiger partial charge in [0.25, 0.3) is 0 Å². The van der Waals surface area contributed by atoms with Crippen molar-refractivity contribution >= 4 is 5.91 Å². The first kappa shape index (κ1) is 16.8. The second-order valence-corrected chi connectivity index (χ2v) is 5.66. The maximum atomic E-state index is 12.0. The molecular formula is C17H26N2O3. The number of morpholine rings is 1. The standard InChI is InChI=1S/C17H26N2O3/c1-14(15(2)19-9-12-21-13-10-19)18-17(20)8-11-22-16-6-4-3-5-7-16/h3-7,14-15H,8-13H2,1-2H3,(H,18,20)/t14-,15+/m0/s1. The van der Waals surface area contributed by atoms with Crippen LogP contribution in [0.2, 0.25) is 0 Å². The highest BCUT2D eigenvalue weighted by Crippen LogP contribution is 2.09. The summed E-state index contributed by atoms with van der Waals surface area (Å²) in [5.74, 6) is 0.827. The molecule has 1 N–H and O–H groups in total. The third-order valence-corrected chi connectivity index (χ3v) is 4.07. The first-order chi connectivity index (χ1) is 10.7. The Labute approximate surface area is 132 Å². The van der Waals surface area contributed by atoms with Crippen LogP contribution in [0.15, 0.2) is 30.3 Å². The van der Waals surface area contributed by atoms with Crippen LogP contribution in [0, 0.1) is 0 Å². The van der Waals surface area contributed by atoms with Gasteiger partial charge in [-0.15, -0.1) is 0 Å². The normalized spacial score (nSPS) is 18.5. The molecule has 5 heteroatoms. The van der Waals surface area contributed by atoms with Gasteiger partial charge >= 0.3 is 0 Å². The van der Waals surface area contributed by atoms with E-state index in [2.05, 4.69) is 24.1 Å². The van der Waals surface area contributed by atoms with Crippen molar-refractivity contribution in [2.24, 2.45) is 0 Å². The average Bonchev–Trinajstić information content (AvgIpc) is 2.56. The van der Waals surface area contributed by atoms with E-state index in [-0.39, 0.29) is 11.9 Å². The third-order valence-electron chi connectivity index (χ3n) is 4.07. The van der Waals surface area contributed by atoms with E-state index in [1.54, 1.807) is 0 Å². The lowest BCUT2D eigenvalue weighted by molar-refractivity contribution is -0.122. The maximum Gasteiger partial charge on any atom is 0.223 e. The number of ether oxygens (including phenoxy) is 2. The van der Waals surface area contributed by atoms with Crippen molar-refractivity contribution < 1.29 is 14.3 Å². The Balaban J connectivity index is 1.67. The molecule has 1 heterocycles. The van der Waals surface area contributed by atoms with Crippen LogP contribution < -0.4 is 10.1 Å². The van der Waals surface area contributed by atoms with Gasteiger partial charge in [0, 0.05) is 25.2 Å². The number of hydrogen-bond donors (Lipinski definition) is 1. The van der Waals surface area contributed by atoms with Gasteiger partial charge in [-0.1, -0.05) is 18.2 Å². The van der Waals surface area contributed by atoms with Crippen molar-refractivity contribution in [1.82, 2.24) is 10.2 Å². The molecule has 0 bridgehead atoms. The SMILES string of the molecule is C[C@H](NC(=O)CCOc1ccccc1)[C@@H](C)N1CCOCC1. The van der Waals surface area contributed by atoms with Gasteiger partial charge in [0.05, 0.1) is 26.2 Å². The molecule has 1 aromatic carbocycles. The number of carbonyl (C=O) groups excluding carboxylic acids is 1. The van der Waals surface area contributed by atoms with Gasteiger partial charge in [0.15, 0.2) is 0 Å². The van der Waals surface area contributed by atoms with E-state index in [0.29, 0.717) is 19.1 Å². The number of nitrogens with one attached hydrogen (secondary N) is 1. The summed E-state index contributed by atoms with van der Waals surface area (Å²) in [6, 6.07) is 9.98. The summed E-state index contributed by atoms with van der Waals surface area (Å²) < 4.78 is 10.9. The highest BCUT2D eigenvalue weighted by molar-refractivity contribution is 5.76. The Kier molecular flexibility index (Phi) is 6.68. The van der Waals surface area contributed by atoms with Crippen molar-refractivity contribution in [3.05, 3.63) is 30.3 Å². The number of amides is 1. The summed E-state index contributed by atoms with van der Waals surface area (Å²) >= 11 is 0. The molecular weight excluding hydrogens is 280 g/mol. The van der Waals surface area contributed by atoms with Crippen LogP contribution in [0.4, 0.5) is 0 Å². The van der Waals surface area contributed by atoms with Crippen molar-refractivity contribution in [3.63, 3.8) is 0 Å². The lowest BCUT2D eigenvalue weighted by Crippen LogP contribution is -2.52. The summed E-state index contributed by atoms with van der Waals surface area (Å²) in [6.07, 6.45) is 0.370.